The number of aliphatic carboxylic acids is 1. The van der Waals surface area contributed by atoms with Crippen LogP contribution in [0.4, 0.5) is 42.5 Å². The number of hydrogen-bond donors (Lipinski definition) is 3. The van der Waals surface area contributed by atoms with Gasteiger partial charge in [-0.15, -0.1) is 0 Å². The smallest absolute Gasteiger partial charge is 0.478 e. The van der Waals surface area contributed by atoms with Gasteiger partial charge in [0, 0.05) is 25.7 Å². The van der Waals surface area contributed by atoms with E-state index < -0.39 is 35.9 Å². The molecule has 15 heteroatoms. The summed E-state index contributed by atoms with van der Waals surface area (Å²) in [5.41, 5.74) is 3.38. The van der Waals surface area contributed by atoms with Gasteiger partial charge in [0.25, 0.3) is 0 Å². The van der Waals surface area contributed by atoms with Crippen LogP contribution in [-0.4, -0.2) is 51.0 Å². The minimum Gasteiger partial charge on any atom is -0.478 e. The molecule has 0 radical (unpaired) electrons. The normalized spacial score (nSPS) is 11.5. The van der Waals surface area contributed by atoms with E-state index in [2.05, 4.69) is 16.8 Å². The van der Waals surface area contributed by atoms with E-state index in [9.17, 15) is 41.0 Å². The van der Waals surface area contributed by atoms with Gasteiger partial charge in [-0.3, -0.25) is 4.90 Å². The molecule has 1 aromatic heterocycles. The fourth-order valence-electron chi connectivity index (χ4n) is 5.12. The first-order valence-electron chi connectivity index (χ1n) is 15.4. The Balaban J connectivity index is 0.000000755. The quantitative estimate of drug-likeness (QED) is 0.131. The number of aromatic carboxylic acids is 1. The number of rotatable bonds is 9. The van der Waals surface area contributed by atoms with Crippen molar-refractivity contribution in [1.82, 2.24) is 9.55 Å². The molecule has 0 aliphatic carbocycles. The third kappa shape index (κ3) is 9.44. The molecule has 4 aromatic carbocycles. The Kier molecular flexibility index (Phi) is 11.7. The van der Waals surface area contributed by atoms with Crippen molar-refractivity contribution in [2.45, 2.75) is 45.1 Å². The molecule has 0 unspecified atom stereocenters. The minimum absolute atomic E-state index is 0.227. The van der Waals surface area contributed by atoms with Crippen molar-refractivity contribution in [1.29, 1.82) is 0 Å². The number of aromatic nitrogens is 2. The molecule has 0 bridgehead atoms. The molecule has 0 atom stereocenters. The molecule has 2 amide bonds. The zero-order valence-corrected chi connectivity index (χ0v) is 27.2. The molecule has 5 aromatic rings. The van der Waals surface area contributed by atoms with E-state index in [1.165, 1.54) is 30.1 Å². The summed E-state index contributed by atoms with van der Waals surface area (Å²) in [6, 6.07) is 24.0. The zero-order chi connectivity index (χ0) is 37.5. The van der Waals surface area contributed by atoms with Crippen LogP contribution >= 0.6 is 0 Å². The van der Waals surface area contributed by atoms with Gasteiger partial charge in [0.15, 0.2) is 0 Å². The van der Waals surface area contributed by atoms with Gasteiger partial charge in [-0.25, -0.2) is 19.4 Å². The highest BCUT2D eigenvalue weighted by atomic mass is 19.4. The summed E-state index contributed by atoms with van der Waals surface area (Å²) in [4.78, 5) is 39.8. The molecule has 9 nitrogen and oxygen atoms in total. The number of imidazole rings is 1. The van der Waals surface area contributed by atoms with Crippen molar-refractivity contribution < 1.29 is 50.9 Å². The number of aryl methyl sites for hydroxylation is 1. The van der Waals surface area contributed by atoms with Crippen molar-refractivity contribution >= 4 is 40.4 Å². The number of nitrogens with zero attached hydrogens (tertiary/aromatic N) is 3. The predicted molar refractivity (Wildman–Crippen MR) is 179 cm³/mol. The number of urea groups is 1. The van der Waals surface area contributed by atoms with Crippen molar-refractivity contribution in [3.63, 3.8) is 0 Å². The molecule has 51 heavy (non-hydrogen) atoms. The number of alkyl halides is 6. The Morgan fingerprint density at radius 1 is 0.863 bits per heavy atom. The maximum atomic E-state index is 13.5. The lowest BCUT2D eigenvalue weighted by molar-refractivity contribution is -0.192. The number of unbranched alkanes of at least 4 members (excludes halogenated alkanes) is 1. The molecule has 268 valence electrons. The van der Waals surface area contributed by atoms with Gasteiger partial charge in [0.05, 0.1) is 27.8 Å². The van der Waals surface area contributed by atoms with Gasteiger partial charge in [0.1, 0.15) is 5.82 Å². The summed E-state index contributed by atoms with van der Waals surface area (Å²) in [6.07, 6.45) is -7.04. The Bertz CT molecular complexity index is 2020. The molecular weight excluding hydrogens is 682 g/mol. The van der Waals surface area contributed by atoms with Gasteiger partial charge in [0.2, 0.25) is 0 Å². The number of carbonyl (C=O) groups excluding carboxylic acids is 1. The summed E-state index contributed by atoms with van der Waals surface area (Å²) in [6.45, 7) is 2.58. The number of benzene rings is 4. The van der Waals surface area contributed by atoms with Crippen LogP contribution in [0.25, 0.3) is 22.2 Å². The predicted octanol–water partition coefficient (Wildman–Crippen LogP) is 9.11. The van der Waals surface area contributed by atoms with Gasteiger partial charge in [-0.2, -0.15) is 26.3 Å². The lowest BCUT2D eigenvalue weighted by Crippen LogP contribution is -2.32. The summed E-state index contributed by atoms with van der Waals surface area (Å²) >= 11 is 0. The molecular formula is C36H32F6N4O5. The Hall–Kier alpha value is -5.86. The molecule has 0 saturated heterocycles. The van der Waals surface area contributed by atoms with Crippen molar-refractivity contribution in [2.24, 2.45) is 0 Å². The second kappa shape index (κ2) is 15.8. The fourth-order valence-corrected chi connectivity index (χ4v) is 5.12. The fraction of sp³-hybridized carbons (Fsp3) is 0.222. The standard InChI is InChI=1S/C34H31F3N4O3.C2HF3O2/c1-3-4-13-31-38-29-19-18-24(40(2)33(44)39-28-12-8-7-11-27(28)34(35,36)37)20-30(29)41(31)21-22-14-16-23(17-15-22)25-9-5-6-10-26(25)32(42)43;3-2(4,5)1(6)7/h5-12,14-20H,3-4,13,21H2,1-2H3,(H,39,44)(H,42,43);(H,6,7). The third-order valence-electron chi connectivity index (χ3n) is 7.74. The number of fused-ring (bicyclic) bond motifs is 1. The number of hydrogen-bond acceptors (Lipinski definition) is 4. The van der Waals surface area contributed by atoms with Crippen LogP contribution in [0, 0.1) is 0 Å². The van der Waals surface area contributed by atoms with Crippen LogP contribution in [-0.2, 0) is 23.9 Å². The SMILES string of the molecule is CCCCc1nc2ccc(N(C)C(=O)Nc3ccccc3C(F)(F)F)cc2n1Cc1ccc(-c2ccccc2C(=O)O)cc1.O=C(O)C(F)(F)F. The first-order valence-corrected chi connectivity index (χ1v) is 15.4. The van der Waals surface area contributed by atoms with Gasteiger partial charge in [-0.05, 0) is 59.5 Å². The second-order valence-corrected chi connectivity index (χ2v) is 11.3. The minimum atomic E-state index is -5.08. The first-order chi connectivity index (χ1) is 24.0. The van der Waals surface area contributed by atoms with Crippen LogP contribution in [0.5, 0.6) is 0 Å². The van der Waals surface area contributed by atoms with Crippen LogP contribution in [0.2, 0.25) is 0 Å². The number of nitrogens with one attached hydrogen (secondary N) is 1. The van der Waals surface area contributed by atoms with Gasteiger partial charge in [-0.1, -0.05) is 67.9 Å². The van der Waals surface area contributed by atoms with E-state index in [4.69, 9.17) is 14.9 Å². The number of amides is 2. The molecule has 1 heterocycles. The highest BCUT2D eigenvalue weighted by Crippen LogP contribution is 2.35. The van der Waals surface area contributed by atoms with Gasteiger partial charge >= 0.3 is 30.3 Å². The average Bonchev–Trinajstić information content (AvgIpc) is 3.42. The number of anilines is 2. The maximum Gasteiger partial charge on any atom is 0.490 e. The Morgan fingerprint density at radius 3 is 2.10 bits per heavy atom. The number of carboxylic acid groups (broad SMARTS) is 2. The second-order valence-electron chi connectivity index (χ2n) is 11.3. The van der Waals surface area contributed by atoms with E-state index in [0.717, 1.165) is 53.3 Å². The third-order valence-corrected chi connectivity index (χ3v) is 7.74. The molecule has 0 saturated carbocycles. The molecule has 5 rings (SSSR count). The molecule has 0 aliphatic heterocycles. The lowest BCUT2D eigenvalue weighted by atomic mass is 9.99. The first kappa shape index (κ1) is 38.0. The van der Waals surface area contributed by atoms with Crippen LogP contribution < -0.4 is 10.2 Å². The molecule has 3 N–H and O–H groups in total. The summed E-state index contributed by atoms with van der Waals surface area (Å²) in [5.74, 6) is -2.87. The average molecular weight is 715 g/mol. The largest absolute Gasteiger partial charge is 0.490 e. The number of carboxylic acids is 2. The van der Waals surface area contributed by atoms with Crippen molar-refractivity contribution in [3.05, 3.63) is 114 Å². The number of carbonyl (C=O) groups is 3. The van der Waals surface area contributed by atoms with E-state index in [0.29, 0.717) is 17.8 Å². The highest BCUT2D eigenvalue weighted by Gasteiger charge is 2.38. The van der Waals surface area contributed by atoms with Crippen LogP contribution in [0.1, 0.15) is 47.1 Å². The summed E-state index contributed by atoms with van der Waals surface area (Å²) in [5, 5.41) is 19.1. The summed E-state index contributed by atoms with van der Waals surface area (Å²) < 4.78 is 74.2. The topological polar surface area (TPSA) is 125 Å². The van der Waals surface area contributed by atoms with Crippen molar-refractivity contribution in [3.8, 4) is 11.1 Å². The lowest BCUT2D eigenvalue weighted by Gasteiger charge is -2.20. The number of para-hydroxylation sites is 1. The van der Waals surface area contributed by atoms with E-state index in [1.807, 2.05) is 30.3 Å². The Labute approximate surface area is 287 Å². The van der Waals surface area contributed by atoms with E-state index in [1.54, 1.807) is 36.4 Å². The Morgan fingerprint density at radius 2 is 1.49 bits per heavy atom. The molecule has 0 spiro atoms. The number of halogens is 6. The van der Waals surface area contributed by atoms with Crippen molar-refractivity contribution in [2.75, 3.05) is 17.3 Å². The van der Waals surface area contributed by atoms with Crippen LogP contribution in [0.15, 0.2) is 91.0 Å². The molecule has 0 aliphatic rings. The zero-order valence-electron chi connectivity index (χ0n) is 27.2. The van der Waals surface area contributed by atoms with E-state index >= 15 is 0 Å². The van der Waals surface area contributed by atoms with E-state index in [-0.39, 0.29) is 11.3 Å². The highest BCUT2D eigenvalue weighted by molar-refractivity contribution is 6.02. The van der Waals surface area contributed by atoms with Gasteiger partial charge < -0.3 is 20.1 Å². The molecule has 0 fully saturated rings. The van der Waals surface area contributed by atoms with Crippen LogP contribution in [0.3, 0.4) is 0 Å². The summed E-state index contributed by atoms with van der Waals surface area (Å²) in [7, 11) is 1.50. The maximum absolute atomic E-state index is 13.5. The monoisotopic (exact) mass is 714 g/mol.